The summed E-state index contributed by atoms with van der Waals surface area (Å²) in [5.41, 5.74) is 3.97. The first-order valence-electron chi connectivity index (χ1n) is 6.58. The highest BCUT2D eigenvalue weighted by Gasteiger charge is 2.14. The predicted molar refractivity (Wildman–Crippen MR) is 76.8 cm³/mol. The third-order valence-electron chi connectivity index (χ3n) is 3.16. The third kappa shape index (κ3) is 4.75. The second kappa shape index (κ2) is 6.38. The largest absolute Gasteiger partial charge is 0.355 e. The number of aryl methyl sites for hydroxylation is 1. The van der Waals surface area contributed by atoms with Gasteiger partial charge < -0.3 is 5.32 Å². The van der Waals surface area contributed by atoms with Gasteiger partial charge in [0.1, 0.15) is 6.42 Å². The van der Waals surface area contributed by atoms with Crippen LogP contribution in [0.1, 0.15) is 43.9 Å². The Labute approximate surface area is 115 Å². The lowest BCUT2D eigenvalue weighted by Crippen LogP contribution is -2.25. The molecular weight excluding hydrogens is 236 g/mol. The van der Waals surface area contributed by atoms with Gasteiger partial charge in [0.25, 0.3) is 0 Å². The van der Waals surface area contributed by atoms with Crippen molar-refractivity contribution in [3.8, 4) is 6.07 Å². The highest BCUT2D eigenvalue weighted by molar-refractivity contribution is 5.77. The molecule has 0 bridgehead atoms. The minimum Gasteiger partial charge on any atom is -0.355 e. The summed E-state index contributed by atoms with van der Waals surface area (Å²) in [4.78, 5) is 11.2. The molecule has 0 saturated carbocycles. The number of nitrogens with zero attached hydrogens (tertiary/aromatic N) is 1. The fourth-order valence-corrected chi connectivity index (χ4v) is 1.91. The molecule has 102 valence electrons. The lowest BCUT2D eigenvalue weighted by molar-refractivity contribution is -0.120. The molecule has 0 spiro atoms. The summed E-state index contributed by atoms with van der Waals surface area (Å²) < 4.78 is 0. The molecule has 0 heterocycles. The van der Waals surface area contributed by atoms with Gasteiger partial charge in [-0.25, -0.2) is 0 Å². The Bertz CT molecular complexity index is 492. The molecule has 3 nitrogen and oxygen atoms in total. The number of carbonyl (C=O) groups excluding carboxylic acids is 1. The molecule has 1 rings (SSSR count). The van der Waals surface area contributed by atoms with E-state index >= 15 is 0 Å². The van der Waals surface area contributed by atoms with Crippen molar-refractivity contribution >= 4 is 5.91 Å². The number of amides is 1. The monoisotopic (exact) mass is 258 g/mol. The van der Waals surface area contributed by atoms with Crippen molar-refractivity contribution in [3.63, 3.8) is 0 Å². The Morgan fingerprint density at radius 2 is 2.05 bits per heavy atom. The van der Waals surface area contributed by atoms with E-state index in [1.54, 1.807) is 0 Å². The molecule has 0 fully saturated rings. The van der Waals surface area contributed by atoms with Gasteiger partial charge in [0.05, 0.1) is 6.07 Å². The molecule has 0 aliphatic rings. The Balaban J connectivity index is 2.61. The van der Waals surface area contributed by atoms with Gasteiger partial charge in [-0.15, -0.1) is 0 Å². The van der Waals surface area contributed by atoms with Crippen LogP contribution >= 0.6 is 0 Å². The van der Waals surface area contributed by atoms with Crippen LogP contribution in [-0.4, -0.2) is 12.5 Å². The Kier molecular flexibility index (Phi) is 5.11. The van der Waals surface area contributed by atoms with Crippen molar-refractivity contribution in [1.29, 1.82) is 5.26 Å². The third-order valence-corrected chi connectivity index (χ3v) is 3.16. The van der Waals surface area contributed by atoms with Crippen LogP contribution in [0, 0.1) is 18.3 Å². The maximum atomic E-state index is 11.2. The van der Waals surface area contributed by atoms with E-state index in [1.165, 1.54) is 16.7 Å². The second-order valence-electron chi connectivity index (χ2n) is 5.83. The van der Waals surface area contributed by atoms with Crippen LogP contribution in [0.2, 0.25) is 0 Å². The average molecular weight is 258 g/mol. The van der Waals surface area contributed by atoms with Crippen LogP contribution in [-0.2, 0) is 16.6 Å². The van der Waals surface area contributed by atoms with E-state index < -0.39 is 0 Å². The molecule has 1 aromatic rings. The first-order chi connectivity index (χ1) is 8.84. The van der Waals surface area contributed by atoms with Gasteiger partial charge in [0.2, 0.25) is 5.91 Å². The van der Waals surface area contributed by atoms with Crippen molar-refractivity contribution in [3.05, 3.63) is 34.9 Å². The van der Waals surface area contributed by atoms with Gasteiger partial charge in [0.15, 0.2) is 0 Å². The van der Waals surface area contributed by atoms with Crippen molar-refractivity contribution < 1.29 is 4.79 Å². The topological polar surface area (TPSA) is 52.9 Å². The quantitative estimate of drug-likeness (QED) is 0.902. The molecule has 0 aromatic heterocycles. The number of nitriles is 1. The summed E-state index contributed by atoms with van der Waals surface area (Å²) >= 11 is 0. The van der Waals surface area contributed by atoms with E-state index in [2.05, 4.69) is 51.2 Å². The molecule has 0 aliphatic heterocycles. The normalized spacial score (nSPS) is 10.9. The predicted octanol–water partition coefficient (Wildman–Crippen LogP) is 2.86. The lowest BCUT2D eigenvalue weighted by Gasteiger charge is -2.20. The van der Waals surface area contributed by atoms with Crippen LogP contribution < -0.4 is 5.32 Å². The minimum absolute atomic E-state index is 0.0675. The maximum absolute atomic E-state index is 11.2. The SMILES string of the molecule is Cc1cc(C(C)(C)C)ccc1CCNC(=O)CC#N. The number of nitrogens with one attached hydrogen (secondary N) is 1. The van der Waals surface area contributed by atoms with Crippen LogP contribution in [0.3, 0.4) is 0 Å². The molecule has 0 radical (unpaired) electrons. The van der Waals surface area contributed by atoms with Crippen LogP contribution in [0.4, 0.5) is 0 Å². The minimum atomic E-state index is -0.202. The standard InChI is InChI=1S/C16H22N2O/c1-12-11-14(16(2,3)4)6-5-13(12)8-10-18-15(19)7-9-17/h5-6,11H,7-8,10H2,1-4H3,(H,18,19). The highest BCUT2D eigenvalue weighted by atomic mass is 16.1. The van der Waals surface area contributed by atoms with E-state index in [1.807, 2.05) is 6.07 Å². The Morgan fingerprint density at radius 1 is 1.37 bits per heavy atom. The van der Waals surface area contributed by atoms with Crippen LogP contribution in [0.15, 0.2) is 18.2 Å². The molecule has 0 unspecified atom stereocenters. The van der Waals surface area contributed by atoms with Crippen molar-refractivity contribution in [2.75, 3.05) is 6.54 Å². The molecule has 0 atom stereocenters. The summed E-state index contributed by atoms with van der Waals surface area (Å²) in [6, 6.07) is 8.34. The van der Waals surface area contributed by atoms with Crippen LogP contribution in [0.5, 0.6) is 0 Å². The molecule has 1 aromatic carbocycles. The lowest BCUT2D eigenvalue weighted by atomic mass is 9.85. The van der Waals surface area contributed by atoms with Gasteiger partial charge in [-0.1, -0.05) is 39.0 Å². The zero-order valence-electron chi connectivity index (χ0n) is 12.2. The molecule has 19 heavy (non-hydrogen) atoms. The average Bonchev–Trinajstić information content (AvgIpc) is 2.30. The van der Waals surface area contributed by atoms with E-state index in [0.29, 0.717) is 6.54 Å². The number of rotatable bonds is 4. The summed E-state index contributed by atoms with van der Waals surface area (Å²) in [6.45, 7) is 9.27. The van der Waals surface area contributed by atoms with E-state index in [0.717, 1.165) is 6.42 Å². The van der Waals surface area contributed by atoms with E-state index in [4.69, 9.17) is 5.26 Å². The Hall–Kier alpha value is -1.82. The van der Waals surface area contributed by atoms with Crippen molar-refractivity contribution in [2.24, 2.45) is 0 Å². The maximum Gasteiger partial charge on any atom is 0.234 e. The molecule has 0 aliphatic carbocycles. The van der Waals surface area contributed by atoms with E-state index in [-0.39, 0.29) is 17.7 Å². The highest BCUT2D eigenvalue weighted by Crippen LogP contribution is 2.24. The summed E-state index contributed by atoms with van der Waals surface area (Å²) in [5, 5.41) is 11.1. The Morgan fingerprint density at radius 3 is 2.58 bits per heavy atom. The first-order valence-corrected chi connectivity index (χ1v) is 6.58. The smallest absolute Gasteiger partial charge is 0.234 e. The number of benzene rings is 1. The van der Waals surface area contributed by atoms with Gasteiger partial charge in [-0.2, -0.15) is 5.26 Å². The number of hydrogen-bond acceptors (Lipinski definition) is 2. The number of hydrogen-bond donors (Lipinski definition) is 1. The zero-order chi connectivity index (χ0) is 14.5. The van der Waals surface area contributed by atoms with Crippen molar-refractivity contribution in [1.82, 2.24) is 5.32 Å². The first kappa shape index (κ1) is 15.2. The summed E-state index contributed by atoms with van der Waals surface area (Å²) in [5.74, 6) is -0.202. The van der Waals surface area contributed by atoms with Gasteiger partial charge >= 0.3 is 0 Å². The molecular formula is C16H22N2O. The van der Waals surface area contributed by atoms with Gasteiger partial charge in [-0.05, 0) is 35.4 Å². The van der Waals surface area contributed by atoms with Gasteiger partial charge in [-0.3, -0.25) is 4.79 Å². The second-order valence-corrected chi connectivity index (χ2v) is 5.83. The zero-order valence-corrected chi connectivity index (χ0v) is 12.2. The molecule has 3 heteroatoms. The summed E-state index contributed by atoms with van der Waals surface area (Å²) in [7, 11) is 0. The summed E-state index contributed by atoms with van der Waals surface area (Å²) in [6.07, 6.45) is 0.732. The van der Waals surface area contributed by atoms with Crippen LogP contribution in [0.25, 0.3) is 0 Å². The molecule has 1 amide bonds. The van der Waals surface area contributed by atoms with E-state index in [9.17, 15) is 4.79 Å². The van der Waals surface area contributed by atoms with Crippen molar-refractivity contribution in [2.45, 2.75) is 46.0 Å². The molecule has 0 saturated heterocycles. The fourth-order valence-electron chi connectivity index (χ4n) is 1.91. The molecule has 1 N–H and O–H groups in total. The fraction of sp³-hybridized carbons (Fsp3) is 0.500. The number of carbonyl (C=O) groups is 1. The van der Waals surface area contributed by atoms with Gasteiger partial charge in [0, 0.05) is 6.54 Å².